The quantitative estimate of drug-likeness (QED) is 0.134. The second kappa shape index (κ2) is 8.71. The number of nitrogens with one attached hydrogen (secondary N) is 4. The number of nitrogens with zero attached hydrogens (tertiary/aromatic N) is 3. The molecule has 0 aliphatic heterocycles. The summed E-state index contributed by atoms with van der Waals surface area (Å²) in [7, 11) is -4.11. The number of amides is 1. The lowest BCUT2D eigenvalue weighted by atomic mass is 10.3. The summed E-state index contributed by atoms with van der Waals surface area (Å²) in [5.74, 6) is -1.62. The van der Waals surface area contributed by atoms with Gasteiger partial charge in [-0.1, -0.05) is 5.16 Å². The molecule has 2 aromatic rings. The van der Waals surface area contributed by atoms with Gasteiger partial charge in [-0.15, -0.1) is 4.83 Å². The maximum absolute atomic E-state index is 13.3. The number of hydrogen-bond acceptors (Lipinski definition) is 9. The molecule has 1 aromatic heterocycles. The van der Waals surface area contributed by atoms with Crippen LogP contribution >= 0.6 is 15.9 Å². The molecule has 27 heavy (non-hydrogen) atoms. The van der Waals surface area contributed by atoms with Gasteiger partial charge in [0, 0.05) is 5.69 Å². The van der Waals surface area contributed by atoms with Crippen molar-refractivity contribution < 1.29 is 27.4 Å². The van der Waals surface area contributed by atoms with Crippen molar-refractivity contribution in [1.82, 2.24) is 20.6 Å². The SMILES string of the molecule is NS(=O)(=O)NNC(=O)CNc1nonc1/C(=N/O)Nc1ccc(F)c(Br)c1. The Balaban J connectivity index is 2.05. The molecule has 2 rings (SSSR count). The van der Waals surface area contributed by atoms with Crippen molar-refractivity contribution in [2.75, 3.05) is 17.2 Å². The first kappa shape index (κ1) is 20.5. The van der Waals surface area contributed by atoms with Crippen LogP contribution < -0.4 is 26.0 Å². The van der Waals surface area contributed by atoms with Crippen LogP contribution in [0.4, 0.5) is 15.9 Å². The first-order chi connectivity index (χ1) is 12.7. The molecule has 0 spiro atoms. The number of carbonyl (C=O) groups excluding carboxylic acids is 1. The van der Waals surface area contributed by atoms with Gasteiger partial charge < -0.3 is 15.8 Å². The second-order valence-corrected chi connectivity index (χ2v) is 6.86. The molecule has 0 bridgehead atoms. The first-order valence-electron chi connectivity index (χ1n) is 6.79. The van der Waals surface area contributed by atoms with Crippen LogP contribution in [0, 0.1) is 5.82 Å². The van der Waals surface area contributed by atoms with E-state index in [4.69, 9.17) is 0 Å². The normalized spacial score (nSPS) is 11.9. The molecule has 1 aromatic carbocycles. The highest BCUT2D eigenvalue weighted by atomic mass is 79.9. The van der Waals surface area contributed by atoms with Gasteiger partial charge in [0.05, 0.1) is 11.0 Å². The standard InChI is InChI=1S/C11H12BrFN8O5S/c12-6-3-5(1-2-7(6)13)16-11(18-23)9-10(20-26-19-9)15-4-8(22)17-21-27(14,24)25/h1-3,21,23H,4H2,(H,15,20)(H,16,18)(H,17,22)(H2,14,24,25). The molecule has 16 heteroatoms. The van der Waals surface area contributed by atoms with Gasteiger partial charge in [-0.05, 0) is 44.4 Å². The van der Waals surface area contributed by atoms with Crippen molar-refractivity contribution in [2.45, 2.75) is 0 Å². The van der Waals surface area contributed by atoms with Crippen molar-refractivity contribution in [1.29, 1.82) is 0 Å². The first-order valence-corrected chi connectivity index (χ1v) is 9.13. The van der Waals surface area contributed by atoms with E-state index in [1.165, 1.54) is 18.2 Å². The lowest BCUT2D eigenvalue weighted by molar-refractivity contribution is -0.119. The highest BCUT2D eigenvalue weighted by Gasteiger charge is 2.19. The van der Waals surface area contributed by atoms with Gasteiger partial charge in [0.1, 0.15) is 5.82 Å². The molecule has 0 radical (unpaired) electrons. The Morgan fingerprint density at radius 2 is 2.15 bits per heavy atom. The summed E-state index contributed by atoms with van der Waals surface area (Å²) in [6, 6.07) is 3.93. The Morgan fingerprint density at radius 1 is 1.41 bits per heavy atom. The Morgan fingerprint density at radius 3 is 2.78 bits per heavy atom. The van der Waals surface area contributed by atoms with Crippen LogP contribution in [0.2, 0.25) is 0 Å². The average Bonchev–Trinajstić information content (AvgIpc) is 3.07. The second-order valence-electron chi connectivity index (χ2n) is 4.71. The Labute approximate surface area is 159 Å². The van der Waals surface area contributed by atoms with Crippen LogP contribution in [0.5, 0.6) is 0 Å². The molecule has 0 saturated carbocycles. The van der Waals surface area contributed by atoms with Crippen molar-refractivity contribution in [2.24, 2.45) is 10.3 Å². The Kier molecular flexibility index (Phi) is 6.61. The zero-order valence-corrected chi connectivity index (χ0v) is 15.5. The van der Waals surface area contributed by atoms with Gasteiger partial charge in [-0.25, -0.2) is 14.2 Å². The summed E-state index contributed by atoms with van der Waals surface area (Å²) in [6.45, 7) is -0.454. The smallest absolute Gasteiger partial charge is 0.291 e. The van der Waals surface area contributed by atoms with Crippen LogP contribution in [0.1, 0.15) is 5.69 Å². The van der Waals surface area contributed by atoms with Crippen LogP contribution in [-0.4, -0.2) is 42.2 Å². The number of rotatable bonds is 7. The molecular formula is C11H12BrFN8O5S. The van der Waals surface area contributed by atoms with Gasteiger partial charge in [-0.3, -0.25) is 10.2 Å². The van der Waals surface area contributed by atoms with Crippen LogP contribution in [0.25, 0.3) is 0 Å². The minimum atomic E-state index is -4.11. The molecule has 0 atom stereocenters. The number of carbonyl (C=O) groups is 1. The lowest BCUT2D eigenvalue weighted by Crippen LogP contribution is -2.46. The molecule has 0 fully saturated rings. The van der Waals surface area contributed by atoms with E-state index in [1.54, 1.807) is 4.83 Å². The fourth-order valence-corrected chi connectivity index (χ4v) is 2.27. The summed E-state index contributed by atoms with van der Waals surface area (Å²) >= 11 is 3.01. The zero-order chi connectivity index (χ0) is 20.0. The van der Waals surface area contributed by atoms with Crippen molar-refractivity contribution in [3.63, 3.8) is 0 Å². The molecular weight excluding hydrogens is 455 g/mol. The maximum atomic E-state index is 13.3. The van der Waals surface area contributed by atoms with Gasteiger partial charge in [0.2, 0.25) is 11.7 Å². The van der Waals surface area contributed by atoms with Crippen LogP contribution in [0.15, 0.2) is 32.5 Å². The molecule has 0 aliphatic carbocycles. The highest BCUT2D eigenvalue weighted by molar-refractivity contribution is 9.10. The van der Waals surface area contributed by atoms with E-state index in [2.05, 4.69) is 51.8 Å². The number of nitrogens with two attached hydrogens (primary N) is 1. The van der Waals surface area contributed by atoms with Gasteiger partial charge in [0.25, 0.3) is 16.1 Å². The predicted molar refractivity (Wildman–Crippen MR) is 93.2 cm³/mol. The zero-order valence-electron chi connectivity index (χ0n) is 13.1. The number of amidine groups is 1. The molecule has 13 nitrogen and oxygen atoms in total. The number of hydrazine groups is 1. The Bertz CT molecular complexity index is 965. The topological polar surface area (TPSA) is 197 Å². The van der Waals surface area contributed by atoms with E-state index in [0.29, 0.717) is 5.69 Å². The van der Waals surface area contributed by atoms with Gasteiger partial charge in [0.15, 0.2) is 5.69 Å². The monoisotopic (exact) mass is 466 g/mol. The number of oxime groups is 1. The van der Waals surface area contributed by atoms with E-state index < -0.39 is 28.5 Å². The number of aromatic nitrogens is 2. The van der Waals surface area contributed by atoms with Gasteiger partial charge in [-0.2, -0.15) is 8.42 Å². The van der Waals surface area contributed by atoms with E-state index in [1.807, 2.05) is 5.43 Å². The number of halogens is 2. The fraction of sp³-hybridized carbons (Fsp3) is 0.0909. The highest BCUT2D eigenvalue weighted by Crippen LogP contribution is 2.21. The lowest BCUT2D eigenvalue weighted by Gasteiger charge is -2.09. The molecule has 7 N–H and O–H groups in total. The molecule has 146 valence electrons. The third kappa shape index (κ3) is 6.13. The fourth-order valence-electron chi connectivity index (χ4n) is 1.64. The number of anilines is 2. The number of hydrogen-bond donors (Lipinski definition) is 6. The molecule has 0 saturated heterocycles. The van der Waals surface area contributed by atoms with Gasteiger partial charge >= 0.3 is 0 Å². The summed E-state index contributed by atoms with van der Waals surface area (Å²) in [5, 5.41) is 29.1. The van der Waals surface area contributed by atoms with Crippen molar-refractivity contribution in [3.8, 4) is 0 Å². The van der Waals surface area contributed by atoms with Crippen LogP contribution in [0.3, 0.4) is 0 Å². The van der Waals surface area contributed by atoms with E-state index in [9.17, 15) is 22.8 Å². The van der Waals surface area contributed by atoms with E-state index in [0.717, 1.165) is 0 Å². The predicted octanol–water partition coefficient (Wildman–Crippen LogP) is -0.545. The molecule has 1 amide bonds. The molecule has 1 heterocycles. The summed E-state index contributed by atoms with van der Waals surface area (Å²) < 4.78 is 39.3. The molecule has 0 unspecified atom stereocenters. The molecule has 0 aliphatic rings. The minimum Gasteiger partial charge on any atom is -0.409 e. The number of benzene rings is 1. The van der Waals surface area contributed by atoms with Crippen molar-refractivity contribution >= 4 is 49.4 Å². The largest absolute Gasteiger partial charge is 0.409 e. The van der Waals surface area contributed by atoms with E-state index in [-0.39, 0.29) is 21.8 Å². The van der Waals surface area contributed by atoms with Crippen molar-refractivity contribution in [3.05, 3.63) is 34.2 Å². The maximum Gasteiger partial charge on any atom is 0.291 e. The van der Waals surface area contributed by atoms with Crippen LogP contribution in [-0.2, 0) is 15.0 Å². The third-order valence-corrected chi connectivity index (χ3v) is 3.74. The minimum absolute atomic E-state index is 0.0952. The Hall–Kier alpha value is -2.82. The summed E-state index contributed by atoms with van der Waals surface area (Å²) in [4.78, 5) is 13.1. The summed E-state index contributed by atoms with van der Waals surface area (Å²) in [5.41, 5.74) is 2.06. The average molecular weight is 467 g/mol. The summed E-state index contributed by atoms with van der Waals surface area (Å²) in [6.07, 6.45) is 0. The van der Waals surface area contributed by atoms with E-state index >= 15 is 0 Å². The third-order valence-electron chi connectivity index (χ3n) is 2.74.